The molecule has 1 rings (SSSR count). The highest BCUT2D eigenvalue weighted by Crippen LogP contribution is 2.29. The molecule has 0 unspecified atom stereocenters. The molecule has 0 spiro atoms. The van der Waals surface area contributed by atoms with Crippen LogP contribution in [0.2, 0.25) is 0 Å². The van der Waals surface area contributed by atoms with E-state index in [-0.39, 0.29) is 5.41 Å². The fourth-order valence-electron chi connectivity index (χ4n) is 2.34. The van der Waals surface area contributed by atoms with Crippen LogP contribution in [0.4, 0.5) is 0 Å². The molecule has 1 aromatic rings. The molecule has 0 bridgehead atoms. The topological polar surface area (TPSA) is 30.5 Å². The van der Waals surface area contributed by atoms with E-state index in [0.29, 0.717) is 5.92 Å². The van der Waals surface area contributed by atoms with Crippen LogP contribution in [0.3, 0.4) is 0 Å². The average Bonchev–Trinajstić information content (AvgIpc) is 2.44. The monoisotopic (exact) mass is 293 g/mol. The summed E-state index contributed by atoms with van der Waals surface area (Å²) in [5.41, 5.74) is 1.48. The van der Waals surface area contributed by atoms with Gasteiger partial charge in [0.05, 0.1) is 14.2 Å². The Balaban J connectivity index is 2.60. The molecule has 21 heavy (non-hydrogen) atoms. The third kappa shape index (κ3) is 6.38. The molecule has 0 fully saturated rings. The molecule has 0 saturated carbocycles. The number of hydrogen-bond donors (Lipinski definition) is 1. The molecule has 0 aliphatic heterocycles. The van der Waals surface area contributed by atoms with Crippen molar-refractivity contribution in [3.8, 4) is 11.5 Å². The lowest BCUT2D eigenvalue weighted by molar-refractivity contribution is 0.306. The zero-order valence-corrected chi connectivity index (χ0v) is 14.5. The van der Waals surface area contributed by atoms with Crippen LogP contribution in [0, 0.1) is 11.3 Å². The van der Waals surface area contributed by atoms with Gasteiger partial charge in [0.2, 0.25) is 0 Å². The standard InChI is InChI=1S/C18H31NO2/c1-14(2)12-19-13-18(3,4)10-9-15-11-16(20-5)7-8-17(15)21-6/h7-8,11,14,19H,9-10,12-13H2,1-6H3. The molecule has 0 aromatic heterocycles. The van der Waals surface area contributed by atoms with Crippen LogP contribution in [0.1, 0.15) is 39.7 Å². The van der Waals surface area contributed by atoms with Crippen molar-refractivity contribution in [2.45, 2.75) is 40.5 Å². The fraction of sp³-hybridized carbons (Fsp3) is 0.667. The number of rotatable bonds is 9. The van der Waals surface area contributed by atoms with Crippen molar-refractivity contribution in [2.24, 2.45) is 11.3 Å². The molecule has 0 saturated heterocycles. The summed E-state index contributed by atoms with van der Waals surface area (Å²) in [4.78, 5) is 0. The van der Waals surface area contributed by atoms with Gasteiger partial charge in [0.1, 0.15) is 11.5 Å². The predicted molar refractivity (Wildman–Crippen MR) is 89.4 cm³/mol. The lowest BCUT2D eigenvalue weighted by Crippen LogP contribution is -2.32. The molecule has 0 atom stereocenters. The number of aryl methyl sites for hydroxylation is 1. The minimum atomic E-state index is 0.267. The van der Waals surface area contributed by atoms with Gasteiger partial charge in [0.15, 0.2) is 0 Å². The van der Waals surface area contributed by atoms with Gasteiger partial charge in [-0.25, -0.2) is 0 Å². The first-order valence-electron chi connectivity index (χ1n) is 7.79. The van der Waals surface area contributed by atoms with Crippen molar-refractivity contribution in [2.75, 3.05) is 27.3 Å². The van der Waals surface area contributed by atoms with Crippen LogP contribution >= 0.6 is 0 Å². The van der Waals surface area contributed by atoms with Crippen molar-refractivity contribution >= 4 is 0 Å². The molecule has 1 aromatic carbocycles. The Morgan fingerprint density at radius 1 is 1.14 bits per heavy atom. The summed E-state index contributed by atoms with van der Waals surface area (Å²) in [5.74, 6) is 2.53. The quantitative estimate of drug-likeness (QED) is 0.749. The Bertz CT molecular complexity index is 427. The lowest BCUT2D eigenvalue weighted by Gasteiger charge is -2.26. The third-order valence-corrected chi connectivity index (χ3v) is 3.71. The van der Waals surface area contributed by atoms with E-state index in [0.717, 1.165) is 37.4 Å². The maximum absolute atomic E-state index is 5.45. The summed E-state index contributed by atoms with van der Waals surface area (Å²) in [6.45, 7) is 11.2. The lowest BCUT2D eigenvalue weighted by atomic mass is 9.86. The zero-order valence-electron chi connectivity index (χ0n) is 14.5. The Morgan fingerprint density at radius 2 is 1.86 bits per heavy atom. The van der Waals surface area contributed by atoms with E-state index in [1.807, 2.05) is 12.1 Å². The van der Waals surface area contributed by atoms with Gasteiger partial charge < -0.3 is 14.8 Å². The molecule has 0 heterocycles. The van der Waals surface area contributed by atoms with E-state index in [2.05, 4.69) is 39.1 Å². The fourth-order valence-corrected chi connectivity index (χ4v) is 2.34. The third-order valence-electron chi connectivity index (χ3n) is 3.71. The first kappa shape index (κ1) is 17.8. The molecule has 0 aliphatic carbocycles. The van der Waals surface area contributed by atoms with Gasteiger partial charge in [-0.15, -0.1) is 0 Å². The number of methoxy groups -OCH3 is 2. The van der Waals surface area contributed by atoms with Crippen molar-refractivity contribution in [3.05, 3.63) is 23.8 Å². The first-order chi connectivity index (χ1) is 9.88. The number of benzene rings is 1. The molecular formula is C18H31NO2. The highest BCUT2D eigenvalue weighted by Gasteiger charge is 2.18. The highest BCUT2D eigenvalue weighted by molar-refractivity contribution is 5.40. The molecule has 0 aliphatic rings. The van der Waals surface area contributed by atoms with Gasteiger partial charge in [0, 0.05) is 6.54 Å². The van der Waals surface area contributed by atoms with Crippen molar-refractivity contribution in [1.82, 2.24) is 5.32 Å². The van der Waals surface area contributed by atoms with Crippen LogP contribution in [0.15, 0.2) is 18.2 Å². The van der Waals surface area contributed by atoms with E-state index in [9.17, 15) is 0 Å². The Hall–Kier alpha value is -1.22. The molecule has 3 nitrogen and oxygen atoms in total. The van der Waals surface area contributed by atoms with Crippen LogP contribution in [-0.2, 0) is 6.42 Å². The Kier molecular flexibility index (Phi) is 7.03. The second-order valence-electron chi connectivity index (χ2n) is 6.87. The molecule has 0 amide bonds. The Labute approximate surface area is 130 Å². The molecular weight excluding hydrogens is 262 g/mol. The maximum Gasteiger partial charge on any atom is 0.122 e. The van der Waals surface area contributed by atoms with Crippen molar-refractivity contribution < 1.29 is 9.47 Å². The summed E-state index contributed by atoms with van der Waals surface area (Å²) in [5, 5.41) is 3.56. The van der Waals surface area contributed by atoms with E-state index in [4.69, 9.17) is 9.47 Å². The summed E-state index contributed by atoms with van der Waals surface area (Å²) in [6.07, 6.45) is 2.11. The normalized spacial score (nSPS) is 11.8. The number of nitrogens with one attached hydrogen (secondary N) is 1. The smallest absolute Gasteiger partial charge is 0.122 e. The van der Waals surface area contributed by atoms with Gasteiger partial charge in [-0.3, -0.25) is 0 Å². The van der Waals surface area contributed by atoms with Crippen LogP contribution in [-0.4, -0.2) is 27.3 Å². The second-order valence-corrected chi connectivity index (χ2v) is 6.87. The number of hydrogen-bond acceptors (Lipinski definition) is 3. The highest BCUT2D eigenvalue weighted by atomic mass is 16.5. The van der Waals surface area contributed by atoms with E-state index in [1.54, 1.807) is 14.2 Å². The van der Waals surface area contributed by atoms with Crippen molar-refractivity contribution in [3.63, 3.8) is 0 Å². The van der Waals surface area contributed by atoms with Crippen molar-refractivity contribution in [1.29, 1.82) is 0 Å². The zero-order chi connectivity index (χ0) is 15.9. The van der Waals surface area contributed by atoms with Gasteiger partial charge >= 0.3 is 0 Å². The minimum Gasteiger partial charge on any atom is -0.497 e. The summed E-state index contributed by atoms with van der Waals surface area (Å²) < 4.78 is 10.8. The second kappa shape index (κ2) is 8.28. The number of ether oxygens (including phenoxy) is 2. The van der Waals surface area contributed by atoms with Gasteiger partial charge in [-0.1, -0.05) is 27.7 Å². The predicted octanol–water partition coefficient (Wildman–Crippen LogP) is 3.91. The van der Waals surface area contributed by atoms with Gasteiger partial charge in [-0.2, -0.15) is 0 Å². The average molecular weight is 293 g/mol. The van der Waals surface area contributed by atoms with E-state index < -0.39 is 0 Å². The largest absolute Gasteiger partial charge is 0.497 e. The molecule has 1 N–H and O–H groups in total. The molecule has 3 heteroatoms. The maximum atomic E-state index is 5.45. The summed E-state index contributed by atoms with van der Waals surface area (Å²) >= 11 is 0. The van der Waals surface area contributed by atoms with Gasteiger partial charge in [0.25, 0.3) is 0 Å². The molecule has 120 valence electrons. The first-order valence-corrected chi connectivity index (χ1v) is 7.79. The van der Waals surface area contributed by atoms with E-state index in [1.165, 1.54) is 5.56 Å². The Morgan fingerprint density at radius 3 is 2.43 bits per heavy atom. The molecule has 0 radical (unpaired) electrons. The van der Waals surface area contributed by atoms with Gasteiger partial charge in [-0.05, 0) is 54.5 Å². The van der Waals surface area contributed by atoms with E-state index >= 15 is 0 Å². The minimum absolute atomic E-state index is 0.267. The summed E-state index contributed by atoms with van der Waals surface area (Å²) in [7, 11) is 3.42. The van der Waals surface area contributed by atoms with Crippen LogP contribution in [0.25, 0.3) is 0 Å². The summed E-state index contributed by atoms with van der Waals surface area (Å²) in [6, 6.07) is 6.01. The SMILES string of the molecule is COc1ccc(OC)c(CCC(C)(C)CNCC(C)C)c1. The van der Waals surface area contributed by atoms with Crippen LogP contribution < -0.4 is 14.8 Å². The van der Waals surface area contributed by atoms with Crippen LogP contribution in [0.5, 0.6) is 11.5 Å².